The van der Waals surface area contributed by atoms with Crippen molar-refractivity contribution in [3.63, 3.8) is 0 Å². The number of methoxy groups -OCH3 is 1. The lowest BCUT2D eigenvalue weighted by Gasteiger charge is -2.23. The number of amides is 2. The third kappa shape index (κ3) is 4.67. The number of nitro groups is 1. The summed E-state index contributed by atoms with van der Waals surface area (Å²) < 4.78 is 5.15. The zero-order valence-electron chi connectivity index (χ0n) is 18.0. The monoisotopic (exact) mass is 467 g/mol. The van der Waals surface area contributed by atoms with Gasteiger partial charge in [-0.15, -0.1) is 10.2 Å². The average Bonchev–Trinajstić information content (AvgIpc) is 3.49. The molecule has 1 atom stereocenters. The van der Waals surface area contributed by atoms with Crippen LogP contribution in [0, 0.1) is 17.0 Å². The molecule has 3 aromatic rings. The van der Waals surface area contributed by atoms with E-state index in [2.05, 4.69) is 15.5 Å². The summed E-state index contributed by atoms with van der Waals surface area (Å²) in [6.07, 6.45) is 1.15. The molecule has 1 unspecified atom stereocenters. The van der Waals surface area contributed by atoms with Crippen LogP contribution in [0.4, 0.5) is 10.8 Å². The molecule has 10 nitrogen and oxygen atoms in total. The summed E-state index contributed by atoms with van der Waals surface area (Å²) in [7, 11) is 1.59. The molecule has 0 saturated carbocycles. The van der Waals surface area contributed by atoms with Gasteiger partial charge in [-0.1, -0.05) is 17.4 Å². The predicted octanol–water partition coefficient (Wildman–Crippen LogP) is 3.67. The highest BCUT2D eigenvalue weighted by molar-refractivity contribution is 7.18. The SMILES string of the molecule is COc1ccc(-c2nnc(NC(=O)C3CCCN3C(=O)c3ccc(C)c([N+](=O)[O-])c3)s2)cc1. The average molecular weight is 468 g/mol. The molecule has 1 aliphatic heterocycles. The number of nitro benzene ring substituents is 1. The quantitative estimate of drug-likeness (QED) is 0.433. The number of hydrogen-bond donors (Lipinski definition) is 1. The van der Waals surface area contributed by atoms with Gasteiger partial charge in [0.2, 0.25) is 11.0 Å². The number of carbonyl (C=O) groups excluding carboxylic acids is 2. The van der Waals surface area contributed by atoms with Crippen LogP contribution in [0.2, 0.25) is 0 Å². The fraction of sp³-hybridized carbons (Fsp3) is 0.273. The smallest absolute Gasteiger partial charge is 0.273 e. The first kappa shape index (κ1) is 22.3. The number of hydrogen-bond acceptors (Lipinski definition) is 8. The van der Waals surface area contributed by atoms with Crippen molar-refractivity contribution in [3.05, 3.63) is 63.7 Å². The minimum atomic E-state index is -0.689. The van der Waals surface area contributed by atoms with Crippen LogP contribution in [0.3, 0.4) is 0 Å². The van der Waals surface area contributed by atoms with Gasteiger partial charge in [-0.25, -0.2) is 0 Å². The fourth-order valence-corrected chi connectivity index (χ4v) is 4.45. The molecule has 2 aromatic carbocycles. The molecule has 11 heteroatoms. The first-order valence-corrected chi connectivity index (χ1v) is 11.0. The Labute approximate surface area is 193 Å². The normalized spacial score (nSPS) is 15.3. The van der Waals surface area contributed by atoms with Gasteiger partial charge in [0.15, 0.2) is 0 Å². The summed E-state index contributed by atoms with van der Waals surface area (Å²) in [6, 6.07) is 11.0. The van der Waals surface area contributed by atoms with E-state index in [-0.39, 0.29) is 17.2 Å². The first-order chi connectivity index (χ1) is 15.9. The number of carbonyl (C=O) groups is 2. The molecule has 0 bridgehead atoms. The van der Waals surface area contributed by atoms with Gasteiger partial charge in [0.05, 0.1) is 12.0 Å². The molecule has 1 aliphatic rings. The van der Waals surface area contributed by atoms with E-state index in [9.17, 15) is 19.7 Å². The molecule has 33 heavy (non-hydrogen) atoms. The van der Waals surface area contributed by atoms with E-state index in [0.29, 0.717) is 35.1 Å². The van der Waals surface area contributed by atoms with Crippen LogP contribution in [0.1, 0.15) is 28.8 Å². The van der Waals surface area contributed by atoms with Crippen molar-refractivity contribution in [3.8, 4) is 16.3 Å². The molecule has 1 aromatic heterocycles. The summed E-state index contributed by atoms with van der Waals surface area (Å²) in [5.74, 6) is -0.0477. The second-order valence-corrected chi connectivity index (χ2v) is 8.52. The van der Waals surface area contributed by atoms with E-state index < -0.39 is 16.9 Å². The molecule has 2 heterocycles. The number of aromatic nitrogens is 2. The molecule has 0 aliphatic carbocycles. The summed E-state index contributed by atoms with van der Waals surface area (Å²) >= 11 is 1.23. The molecule has 4 rings (SSSR count). The van der Waals surface area contributed by atoms with Crippen molar-refractivity contribution in [2.45, 2.75) is 25.8 Å². The molecule has 1 fully saturated rings. The van der Waals surface area contributed by atoms with E-state index in [4.69, 9.17) is 4.74 Å². The minimum absolute atomic E-state index is 0.124. The van der Waals surface area contributed by atoms with E-state index in [0.717, 1.165) is 11.3 Å². The maximum atomic E-state index is 13.0. The van der Waals surface area contributed by atoms with Crippen LogP contribution in [0.25, 0.3) is 10.6 Å². The third-order valence-corrected chi connectivity index (χ3v) is 6.35. The topological polar surface area (TPSA) is 128 Å². The van der Waals surface area contributed by atoms with Crippen molar-refractivity contribution in [1.82, 2.24) is 15.1 Å². The molecular formula is C22H21N5O5S. The Morgan fingerprint density at radius 3 is 2.67 bits per heavy atom. The highest BCUT2D eigenvalue weighted by Gasteiger charge is 2.35. The largest absolute Gasteiger partial charge is 0.497 e. The summed E-state index contributed by atoms with van der Waals surface area (Å²) in [5, 5.41) is 23.1. The number of likely N-dealkylation sites (tertiary alicyclic amines) is 1. The number of nitrogens with zero attached hydrogens (tertiary/aromatic N) is 4. The van der Waals surface area contributed by atoms with Crippen molar-refractivity contribution < 1.29 is 19.2 Å². The molecule has 1 saturated heterocycles. The van der Waals surface area contributed by atoms with Gasteiger partial charge < -0.3 is 9.64 Å². The standard InChI is InChI=1S/C22H21N5O5S/c1-13-5-6-15(12-18(13)27(30)31)21(29)26-11-3-4-17(26)19(28)23-22-25-24-20(33-22)14-7-9-16(32-2)10-8-14/h5-10,12,17H,3-4,11H2,1-2H3,(H,23,25,28). The number of benzene rings is 2. The van der Waals surface area contributed by atoms with Crippen LogP contribution >= 0.6 is 11.3 Å². The number of nitrogens with one attached hydrogen (secondary N) is 1. The molecule has 1 N–H and O–H groups in total. The first-order valence-electron chi connectivity index (χ1n) is 10.2. The zero-order chi connectivity index (χ0) is 23.5. The minimum Gasteiger partial charge on any atom is -0.497 e. The molecule has 2 amide bonds. The fourth-order valence-electron chi connectivity index (χ4n) is 3.70. The molecule has 170 valence electrons. The number of rotatable bonds is 6. The van der Waals surface area contributed by atoms with Crippen molar-refractivity contribution in [1.29, 1.82) is 0 Å². The van der Waals surface area contributed by atoms with Gasteiger partial charge in [-0.3, -0.25) is 25.0 Å². The summed E-state index contributed by atoms with van der Waals surface area (Å²) in [5.41, 5.74) is 1.37. The van der Waals surface area contributed by atoms with Gasteiger partial charge in [0.25, 0.3) is 11.6 Å². The maximum Gasteiger partial charge on any atom is 0.273 e. The van der Waals surface area contributed by atoms with E-state index in [1.807, 2.05) is 24.3 Å². The Hall–Kier alpha value is -3.86. The lowest BCUT2D eigenvalue weighted by Crippen LogP contribution is -2.43. The predicted molar refractivity (Wildman–Crippen MR) is 122 cm³/mol. The Balaban J connectivity index is 1.47. The summed E-state index contributed by atoms with van der Waals surface area (Å²) in [6.45, 7) is 2.01. The van der Waals surface area contributed by atoms with E-state index >= 15 is 0 Å². The Kier molecular flexibility index (Phi) is 6.31. The Bertz CT molecular complexity index is 1210. The van der Waals surface area contributed by atoms with Crippen LogP contribution in [-0.2, 0) is 4.79 Å². The van der Waals surface area contributed by atoms with Gasteiger partial charge in [-0.2, -0.15) is 0 Å². The lowest BCUT2D eigenvalue weighted by molar-refractivity contribution is -0.385. The van der Waals surface area contributed by atoms with Gasteiger partial charge in [0.1, 0.15) is 16.8 Å². The van der Waals surface area contributed by atoms with Crippen molar-refractivity contribution in [2.75, 3.05) is 19.0 Å². The van der Waals surface area contributed by atoms with Gasteiger partial charge in [-0.05, 0) is 50.1 Å². The highest BCUT2D eigenvalue weighted by atomic mass is 32.1. The number of anilines is 1. The highest BCUT2D eigenvalue weighted by Crippen LogP contribution is 2.29. The second kappa shape index (κ2) is 9.33. The van der Waals surface area contributed by atoms with Crippen LogP contribution in [0.15, 0.2) is 42.5 Å². The van der Waals surface area contributed by atoms with E-state index in [1.165, 1.54) is 22.3 Å². The molecular weight excluding hydrogens is 446 g/mol. The lowest BCUT2D eigenvalue weighted by atomic mass is 10.1. The van der Waals surface area contributed by atoms with Crippen molar-refractivity contribution >= 4 is 34.0 Å². The van der Waals surface area contributed by atoms with Crippen LogP contribution in [-0.4, -0.2) is 51.5 Å². The Morgan fingerprint density at radius 1 is 1.21 bits per heavy atom. The Morgan fingerprint density at radius 2 is 1.97 bits per heavy atom. The maximum absolute atomic E-state index is 13.0. The number of ether oxygens (including phenoxy) is 1. The zero-order valence-corrected chi connectivity index (χ0v) is 18.8. The van der Waals surface area contributed by atoms with Gasteiger partial charge in [0, 0.05) is 29.3 Å². The number of aryl methyl sites for hydroxylation is 1. The van der Waals surface area contributed by atoms with E-state index in [1.54, 1.807) is 26.2 Å². The molecule has 0 spiro atoms. The molecule has 0 radical (unpaired) electrons. The third-order valence-electron chi connectivity index (χ3n) is 5.46. The van der Waals surface area contributed by atoms with Crippen LogP contribution in [0.5, 0.6) is 5.75 Å². The summed E-state index contributed by atoms with van der Waals surface area (Å²) in [4.78, 5) is 38.1. The van der Waals surface area contributed by atoms with Gasteiger partial charge >= 0.3 is 0 Å². The second-order valence-electron chi connectivity index (χ2n) is 7.55. The van der Waals surface area contributed by atoms with Crippen LogP contribution < -0.4 is 10.1 Å². The van der Waals surface area contributed by atoms with Crippen molar-refractivity contribution in [2.24, 2.45) is 0 Å².